The maximum atomic E-state index is 11.1. The van der Waals surface area contributed by atoms with Crippen LogP contribution in [0.15, 0.2) is 18.6 Å². The molecule has 98 valence electrons. The smallest absolute Gasteiger partial charge is 0.337 e. The van der Waals surface area contributed by atoms with Crippen molar-refractivity contribution in [1.82, 2.24) is 19.7 Å². The van der Waals surface area contributed by atoms with Crippen LogP contribution >= 0.6 is 0 Å². The van der Waals surface area contributed by atoms with Gasteiger partial charge in [-0.25, -0.2) is 9.78 Å². The van der Waals surface area contributed by atoms with Gasteiger partial charge in [0.1, 0.15) is 6.33 Å². The molecule has 2 aromatic heterocycles. The first-order valence-corrected chi connectivity index (χ1v) is 5.76. The third-order valence-electron chi connectivity index (χ3n) is 3.14. The number of aromatic nitrogens is 4. The summed E-state index contributed by atoms with van der Waals surface area (Å²) >= 11 is 0. The van der Waals surface area contributed by atoms with E-state index in [2.05, 4.69) is 15.2 Å². The predicted octanol–water partition coefficient (Wildman–Crippen LogP) is -0.0263. The molecule has 0 aliphatic carbocycles. The Morgan fingerprint density at radius 2 is 2.26 bits per heavy atom. The third kappa shape index (κ3) is 1.86. The fraction of sp³-hybridized carbons (Fsp3) is 0.273. The Morgan fingerprint density at radius 3 is 3.05 bits per heavy atom. The van der Waals surface area contributed by atoms with Gasteiger partial charge in [-0.2, -0.15) is 0 Å². The summed E-state index contributed by atoms with van der Waals surface area (Å²) in [4.78, 5) is 17.2. The van der Waals surface area contributed by atoms with Crippen molar-refractivity contribution in [2.24, 2.45) is 0 Å². The van der Waals surface area contributed by atoms with E-state index in [1.165, 1.54) is 12.3 Å². The van der Waals surface area contributed by atoms with Crippen LogP contribution in [-0.4, -0.2) is 37.4 Å². The fourth-order valence-electron chi connectivity index (χ4n) is 2.15. The Balaban J connectivity index is 1.96. The van der Waals surface area contributed by atoms with Gasteiger partial charge in [-0.15, -0.1) is 10.2 Å². The van der Waals surface area contributed by atoms with Gasteiger partial charge in [0.15, 0.2) is 11.6 Å². The number of hydrogen-bond donors (Lipinski definition) is 2. The van der Waals surface area contributed by atoms with Gasteiger partial charge < -0.3 is 20.3 Å². The van der Waals surface area contributed by atoms with Crippen LogP contribution in [0.4, 0.5) is 11.5 Å². The van der Waals surface area contributed by atoms with Crippen molar-refractivity contribution in [1.29, 1.82) is 0 Å². The number of hydrogen-bond acceptors (Lipinski definition) is 6. The van der Waals surface area contributed by atoms with Crippen molar-refractivity contribution in [2.75, 3.05) is 17.2 Å². The molecule has 0 radical (unpaired) electrons. The molecule has 3 N–H and O–H groups in total. The molecule has 2 aromatic rings. The van der Waals surface area contributed by atoms with Crippen molar-refractivity contribution in [2.45, 2.75) is 13.1 Å². The summed E-state index contributed by atoms with van der Waals surface area (Å²) in [6, 6.07) is 1.40. The van der Waals surface area contributed by atoms with Gasteiger partial charge in [-0.05, 0) is 6.07 Å². The molecule has 8 heteroatoms. The fourth-order valence-corrected chi connectivity index (χ4v) is 2.15. The largest absolute Gasteiger partial charge is 0.478 e. The van der Waals surface area contributed by atoms with E-state index in [1.807, 2.05) is 9.47 Å². The quantitative estimate of drug-likeness (QED) is 0.780. The SMILES string of the molecule is Nc1c(C(=O)O)ccnc1N1CCn2cnnc2C1. The topological polar surface area (TPSA) is 110 Å². The number of nitrogens with zero attached hydrogens (tertiary/aromatic N) is 5. The number of nitrogens with two attached hydrogens (primary N) is 1. The van der Waals surface area contributed by atoms with E-state index >= 15 is 0 Å². The molecule has 0 bridgehead atoms. The second kappa shape index (κ2) is 4.23. The Morgan fingerprint density at radius 1 is 1.42 bits per heavy atom. The van der Waals surface area contributed by atoms with Crippen LogP contribution in [0, 0.1) is 0 Å². The van der Waals surface area contributed by atoms with Crippen LogP contribution in [0.25, 0.3) is 0 Å². The van der Waals surface area contributed by atoms with E-state index in [9.17, 15) is 4.79 Å². The van der Waals surface area contributed by atoms with Crippen LogP contribution in [-0.2, 0) is 13.1 Å². The molecule has 8 nitrogen and oxygen atoms in total. The summed E-state index contributed by atoms with van der Waals surface area (Å²) in [5.41, 5.74) is 6.13. The first-order chi connectivity index (χ1) is 9.16. The highest BCUT2D eigenvalue weighted by Crippen LogP contribution is 2.26. The molecule has 0 atom stereocenters. The highest BCUT2D eigenvalue weighted by Gasteiger charge is 2.22. The minimum absolute atomic E-state index is 0.0667. The van der Waals surface area contributed by atoms with Gasteiger partial charge >= 0.3 is 5.97 Å². The summed E-state index contributed by atoms with van der Waals surface area (Å²) in [7, 11) is 0. The van der Waals surface area contributed by atoms with Gasteiger partial charge in [-0.3, -0.25) is 0 Å². The molecule has 0 aromatic carbocycles. The van der Waals surface area contributed by atoms with Crippen molar-refractivity contribution in [3.05, 3.63) is 30.0 Å². The molecular weight excluding hydrogens is 248 g/mol. The summed E-state index contributed by atoms with van der Waals surface area (Å²) in [6.07, 6.45) is 3.13. The number of pyridine rings is 1. The zero-order valence-corrected chi connectivity index (χ0v) is 10.0. The lowest BCUT2D eigenvalue weighted by atomic mass is 10.2. The van der Waals surface area contributed by atoms with Crippen LogP contribution < -0.4 is 10.6 Å². The number of fused-ring (bicyclic) bond motifs is 1. The van der Waals surface area contributed by atoms with Gasteiger partial charge in [0.05, 0.1) is 17.8 Å². The predicted molar refractivity (Wildman–Crippen MR) is 66.7 cm³/mol. The first-order valence-electron chi connectivity index (χ1n) is 5.76. The minimum Gasteiger partial charge on any atom is -0.478 e. The van der Waals surface area contributed by atoms with Crippen molar-refractivity contribution >= 4 is 17.5 Å². The molecule has 0 saturated carbocycles. The lowest BCUT2D eigenvalue weighted by Crippen LogP contribution is -2.34. The summed E-state index contributed by atoms with van der Waals surface area (Å²) in [6.45, 7) is 1.92. The summed E-state index contributed by atoms with van der Waals surface area (Å²) in [5.74, 6) is 0.239. The minimum atomic E-state index is -1.05. The zero-order valence-electron chi connectivity index (χ0n) is 10.0. The molecule has 1 aliphatic rings. The molecular formula is C11H12N6O2. The number of carboxylic acid groups (broad SMARTS) is 1. The zero-order chi connectivity index (χ0) is 13.4. The number of carboxylic acids is 1. The molecule has 1 aliphatic heterocycles. The second-order valence-electron chi connectivity index (χ2n) is 4.26. The Hall–Kier alpha value is -2.64. The lowest BCUT2D eigenvalue weighted by molar-refractivity contribution is 0.0698. The standard InChI is InChI=1S/C11H12N6O2/c12-9-7(11(18)19)1-2-13-10(9)16-3-4-17-6-14-15-8(17)5-16/h1-2,6H,3-5,12H2,(H,18,19). The van der Waals surface area contributed by atoms with Crippen molar-refractivity contribution in [3.8, 4) is 0 Å². The van der Waals surface area contributed by atoms with Gasteiger partial charge in [0.25, 0.3) is 0 Å². The van der Waals surface area contributed by atoms with E-state index in [0.717, 1.165) is 12.4 Å². The van der Waals surface area contributed by atoms with E-state index < -0.39 is 5.97 Å². The van der Waals surface area contributed by atoms with Crippen LogP contribution in [0.2, 0.25) is 0 Å². The number of rotatable bonds is 2. The average molecular weight is 260 g/mol. The monoisotopic (exact) mass is 260 g/mol. The normalized spacial score (nSPS) is 14.2. The Bertz CT molecular complexity index is 638. The maximum Gasteiger partial charge on any atom is 0.337 e. The molecule has 0 saturated heterocycles. The second-order valence-corrected chi connectivity index (χ2v) is 4.26. The van der Waals surface area contributed by atoms with Gasteiger partial charge in [0, 0.05) is 19.3 Å². The van der Waals surface area contributed by atoms with E-state index in [1.54, 1.807) is 6.33 Å². The number of aromatic carboxylic acids is 1. The number of carbonyl (C=O) groups is 1. The van der Waals surface area contributed by atoms with Crippen molar-refractivity contribution in [3.63, 3.8) is 0 Å². The molecule has 3 heterocycles. The van der Waals surface area contributed by atoms with E-state index in [4.69, 9.17) is 10.8 Å². The number of nitrogen functional groups attached to an aromatic ring is 1. The summed E-state index contributed by atoms with van der Waals surface area (Å²) < 4.78 is 1.95. The van der Waals surface area contributed by atoms with Gasteiger partial charge in [0.2, 0.25) is 0 Å². The highest BCUT2D eigenvalue weighted by atomic mass is 16.4. The third-order valence-corrected chi connectivity index (χ3v) is 3.14. The Kier molecular flexibility index (Phi) is 2.55. The lowest BCUT2D eigenvalue weighted by Gasteiger charge is -2.29. The number of anilines is 2. The van der Waals surface area contributed by atoms with Gasteiger partial charge in [-0.1, -0.05) is 0 Å². The van der Waals surface area contributed by atoms with E-state index in [-0.39, 0.29) is 11.3 Å². The Labute approximate surface area is 108 Å². The molecule has 3 rings (SSSR count). The molecule has 0 spiro atoms. The van der Waals surface area contributed by atoms with Crippen LogP contribution in [0.5, 0.6) is 0 Å². The van der Waals surface area contributed by atoms with Crippen LogP contribution in [0.1, 0.15) is 16.2 Å². The molecule has 0 fully saturated rings. The average Bonchev–Trinajstić information content (AvgIpc) is 2.85. The molecule has 0 amide bonds. The van der Waals surface area contributed by atoms with Crippen LogP contribution in [0.3, 0.4) is 0 Å². The van der Waals surface area contributed by atoms with E-state index in [0.29, 0.717) is 18.9 Å². The molecule has 0 unspecified atom stereocenters. The van der Waals surface area contributed by atoms with Crippen molar-refractivity contribution < 1.29 is 9.90 Å². The summed E-state index contributed by atoms with van der Waals surface area (Å²) in [5, 5.41) is 16.9. The first kappa shape index (κ1) is 11.5. The maximum absolute atomic E-state index is 11.1. The molecule has 19 heavy (non-hydrogen) atoms. The highest BCUT2D eigenvalue weighted by molar-refractivity contribution is 5.96.